The van der Waals surface area contributed by atoms with Crippen LogP contribution in [0.2, 0.25) is 0 Å². The lowest BCUT2D eigenvalue weighted by Crippen LogP contribution is -1.90. The normalized spacial score (nSPS) is 15.8. The molecule has 0 aliphatic heterocycles. The summed E-state index contributed by atoms with van der Waals surface area (Å²) in [7, 11) is 1.89. The van der Waals surface area contributed by atoms with E-state index in [1.807, 2.05) is 13.1 Å². The number of aryl methyl sites for hydroxylation is 1. The molecule has 1 aliphatic rings. The summed E-state index contributed by atoms with van der Waals surface area (Å²) in [6.07, 6.45) is 2.54. The first kappa shape index (κ1) is 7.32. The molecule has 0 aromatic carbocycles. The van der Waals surface area contributed by atoms with Gasteiger partial charge in [-0.15, -0.1) is 0 Å². The van der Waals surface area contributed by atoms with Crippen LogP contribution in [0.3, 0.4) is 0 Å². The molecular formula is C9H11N3. The quantitative estimate of drug-likeness (QED) is 0.608. The number of hydrogen-bond donors (Lipinski definition) is 0. The summed E-state index contributed by atoms with van der Waals surface area (Å²) >= 11 is 0. The van der Waals surface area contributed by atoms with Gasteiger partial charge in [-0.2, -0.15) is 10.1 Å². The average Bonchev–Trinajstić information content (AvgIpc) is 2.80. The van der Waals surface area contributed by atoms with Gasteiger partial charge in [-0.1, -0.05) is 0 Å². The zero-order valence-corrected chi connectivity index (χ0v) is 7.12. The minimum absolute atomic E-state index is 0.685. The zero-order valence-electron chi connectivity index (χ0n) is 7.12. The van der Waals surface area contributed by atoms with Crippen molar-refractivity contribution in [2.75, 3.05) is 0 Å². The van der Waals surface area contributed by atoms with Crippen molar-refractivity contribution >= 4 is 11.7 Å². The molecule has 3 nitrogen and oxygen atoms in total. The van der Waals surface area contributed by atoms with Crippen LogP contribution in [0, 0.1) is 0 Å². The highest BCUT2D eigenvalue weighted by molar-refractivity contribution is 5.53. The molecule has 1 aliphatic carbocycles. The highest BCUT2D eigenvalue weighted by Crippen LogP contribution is 2.40. The van der Waals surface area contributed by atoms with Crippen LogP contribution in [0.25, 0.3) is 0 Å². The minimum Gasteiger partial charge on any atom is -0.250 e. The van der Waals surface area contributed by atoms with Gasteiger partial charge in [0, 0.05) is 19.0 Å². The van der Waals surface area contributed by atoms with Crippen molar-refractivity contribution in [3.8, 4) is 0 Å². The molecule has 1 aromatic heterocycles. The van der Waals surface area contributed by atoms with Crippen LogP contribution in [0.15, 0.2) is 17.6 Å². The Labute approximate surface area is 71.4 Å². The molecule has 1 aromatic rings. The predicted molar refractivity (Wildman–Crippen MR) is 47.9 cm³/mol. The summed E-state index contributed by atoms with van der Waals surface area (Å²) in [4.78, 5) is 3.98. The largest absolute Gasteiger partial charge is 0.250 e. The summed E-state index contributed by atoms with van der Waals surface area (Å²) in [5.41, 5.74) is 1.16. The van der Waals surface area contributed by atoms with E-state index < -0.39 is 0 Å². The van der Waals surface area contributed by atoms with E-state index in [0.717, 1.165) is 11.5 Å². The highest BCUT2D eigenvalue weighted by atomic mass is 15.3. The van der Waals surface area contributed by atoms with Crippen LogP contribution < -0.4 is 0 Å². The Morgan fingerprint density at radius 2 is 2.50 bits per heavy atom. The molecule has 2 rings (SSSR count). The van der Waals surface area contributed by atoms with Gasteiger partial charge in [-0.05, 0) is 25.3 Å². The molecule has 0 saturated heterocycles. The van der Waals surface area contributed by atoms with Gasteiger partial charge < -0.3 is 0 Å². The molecule has 0 amide bonds. The Kier molecular flexibility index (Phi) is 1.59. The van der Waals surface area contributed by atoms with Crippen molar-refractivity contribution < 1.29 is 0 Å². The Morgan fingerprint density at radius 3 is 3.08 bits per heavy atom. The van der Waals surface area contributed by atoms with Gasteiger partial charge in [0.05, 0.1) is 5.69 Å². The van der Waals surface area contributed by atoms with Gasteiger partial charge in [0.2, 0.25) is 0 Å². The fourth-order valence-electron chi connectivity index (χ4n) is 1.24. The van der Waals surface area contributed by atoms with E-state index in [2.05, 4.69) is 22.5 Å². The zero-order chi connectivity index (χ0) is 8.55. The molecule has 0 N–H and O–H groups in total. The van der Waals surface area contributed by atoms with Gasteiger partial charge in [0.15, 0.2) is 5.82 Å². The third-order valence-electron chi connectivity index (χ3n) is 2.06. The van der Waals surface area contributed by atoms with E-state index in [-0.39, 0.29) is 0 Å². The lowest BCUT2D eigenvalue weighted by Gasteiger charge is -1.88. The topological polar surface area (TPSA) is 30.2 Å². The summed E-state index contributed by atoms with van der Waals surface area (Å²) in [5, 5.41) is 4.35. The summed E-state index contributed by atoms with van der Waals surface area (Å²) in [6.45, 7) is 3.43. The van der Waals surface area contributed by atoms with Crippen LogP contribution in [-0.2, 0) is 7.05 Å². The maximum Gasteiger partial charge on any atom is 0.160 e. The molecule has 0 spiro atoms. The van der Waals surface area contributed by atoms with Crippen LogP contribution in [0.5, 0.6) is 0 Å². The second-order valence-corrected chi connectivity index (χ2v) is 3.10. The van der Waals surface area contributed by atoms with E-state index >= 15 is 0 Å². The lowest BCUT2D eigenvalue weighted by molar-refractivity contribution is 0.747. The summed E-state index contributed by atoms with van der Waals surface area (Å²) in [5.74, 6) is 4.04. The molecule has 1 heterocycles. The maximum atomic E-state index is 4.35. The van der Waals surface area contributed by atoms with Crippen LogP contribution in [0.1, 0.15) is 24.5 Å². The van der Waals surface area contributed by atoms with E-state index in [4.69, 9.17) is 0 Å². The molecular weight excluding hydrogens is 150 g/mol. The monoisotopic (exact) mass is 161 g/mol. The van der Waals surface area contributed by atoms with Gasteiger partial charge in [0.1, 0.15) is 0 Å². The smallest absolute Gasteiger partial charge is 0.160 e. The van der Waals surface area contributed by atoms with Crippen molar-refractivity contribution in [1.29, 1.82) is 0 Å². The minimum atomic E-state index is 0.685. The van der Waals surface area contributed by atoms with Crippen LogP contribution in [0.4, 0.5) is 5.82 Å². The van der Waals surface area contributed by atoms with Crippen molar-refractivity contribution in [3.05, 3.63) is 18.3 Å². The SMILES string of the molecule is C=C=Nc1cc(C2CC2)nn1C. The van der Waals surface area contributed by atoms with Crippen molar-refractivity contribution in [3.63, 3.8) is 0 Å². The molecule has 1 fully saturated rings. The first-order valence-electron chi connectivity index (χ1n) is 4.08. The lowest BCUT2D eigenvalue weighted by atomic mass is 10.3. The molecule has 62 valence electrons. The van der Waals surface area contributed by atoms with Crippen LogP contribution >= 0.6 is 0 Å². The van der Waals surface area contributed by atoms with E-state index in [9.17, 15) is 0 Å². The fraction of sp³-hybridized carbons (Fsp3) is 0.444. The Bertz CT molecular complexity index is 341. The highest BCUT2D eigenvalue weighted by Gasteiger charge is 2.26. The number of rotatable bonds is 2. The van der Waals surface area contributed by atoms with E-state index in [1.165, 1.54) is 12.8 Å². The molecule has 1 saturated carbocycles. The second kappa shape index (κ2) is 2.61. The van der Waals surface area contributed by atoms with Gasteiger partial charge >= 0.3 is 0 Å². The number of aromatic nitrogens is 2. The number of nitrogens with zero attached hydrogens (tertiary/aromatic N) is 3. The molecule has 3 heteroatoms. The van der Waals surface area contributed by atoms with Crippen molar-refractivity contribution in [2.45, 2.75) is 18.8 Å². The first-order chi connectivity index (χ1) is 5.81. The second-order valence-electron chi connectivity index (χ2n) is 3.10. The Hall–Kier alpha value is -1.34. The van der Waals surface area contributed by atoms with Gasteiger partial charge in [-0.25, -0.2) is 0 Å². The third kappa shape index (κ3) is 1.19. The van der Waals surface area contributed by atoms with Gasteiger partial charge in [0.25, 0.3) is 0 Å². The fourth-order valence-corrected chi connectivity index (χ4v) is 1.24. The Morgan fingerprint density at radius 1 is 1.75 bits per heavy atom. The Balaban J connectivity index is 2.35. The van der Waals surface area contributed by atoms with E-state index in [0.29, 0.717) is 5.92 Å². The molecule has 0 bridgehead atoms. The first-order valence-corrected chi connectivity index (χ1v) is 4.08. The summed E-state index contributed by atoms with van der Waals surface area (Å²) < 4.78 is 1.77. The van der Waals surface area contributed by atoms with E-state index in [1.54, 1.807) is 4.68 Å². The molecule has 12 heavy (non-hydrogen) atoms. The average molecular weight is 161 g/mol. The van der Waals surface area contributed by atoms with Crippen LogP contribution in [-0.4, -0.2) is 15.7 Å². The van der Waals surface area contributed by atoms with Crippen molar-refractivity contribution in [2.24, 2.45) is 12.0 Å². The van der Waals surface area contributed by atoms with Crippen molar-refractivity contribution in [1.82, 2.24) is 9.78 Å². The van der Waals surface area contributed by atoms with Gasteiger partial charge in [-0.3, -0.25) is 4.68 Å². The number of hydrogen-bond acceptors (Lipinski definition) is 2. The molecule has 0 unspecified atom stereocenters. The molecule has 0 atom stereocenters. The maximum absolute atomic E-state index is 4.35. The summed E-state index contributed by atoms with van der Waals surface area (Å²) in [6, 6.07) is 2.01. The third-order valence-corrected chi connectivity index (χ3v) is 2.06. The number of aliphatic imine (C=N–C) groups is 1. The molecule has 0 radical (unpaired) electrons. The predicted octanol–water partition coefficient (Wildman–Crippen LogP) is 1.78. The standard InChI is InChI=1S/C9H11N3/c1-3-10-9-6-8(7-4-5-7)11-12(9)2/h6-7H,1,4-5H2,2H3.